The number of hydrogen-bond donors (Lipinski definition) is 1. The van der Waals surface area contributed by atoms with Crippen molar-refractivity contribution in [1.82, 2.24) is 0 Å². The Labute approximate surface area is 121 Å². The summed E-state index contributed by atoms with van der Waals surface area (Å²) in [6.45, 7) is 0. The molecule has 0 unspecified atom stereocenters. The standard InChI is InChI=1S/C15H15N3O3/c1-17(13-5-7-14(8-6-13)18(20)21)15(19)10-11-3-2-4-12(16)9-11/h2-9H,10,16H2,1H3. The highest BCUT2D eigenvalue weighted by molar-refractivity contribution is 5.94. The Morgan fingerprint density at radius 2 is 1.90 bits per heavy atom. The quantitative estimate of drug-likeness (QED) is 0.530. The van der Waals surface area contributed by atoms with Gasteiger partial charge in [0.25, 0.3) is 5.69 Å². The van der Waals surface area contributed by atoms with Crippen molar-refractivity contribution in [3.63, 3.8) is 0 Å². The maximum absolute atomic E-state index is 12.2. The number of nitrogen functional groups attached to an aromatic ring is 1. The summed E-state index contributed by atoms with van der Waals surface area (Å²) in [4.78, 5) is 23.8. The zero-order valence-electron chi connectivity index (χ0n) is 11.5. The van der Waals surface area contributed by atoms with Gasteiger partial charge in [0.1, 0.15) is 0 Å². The van der Waals surface area contributed by atoms with Crippen LogP contribution in [0.1, 0.15) is 5.56 Å². The predicted octanol–water partition coefficient (Wildman–Crippen LogP) is 2.38. The summed E-state index contributed by atoms with van der Waals surface area (Å²) in [5, 5.41) is 10.6. The molecule has 0 spiro atoms. The van der Waals surface area contributed by atoms with E-state index in [9.17, 15) is 14.9 Å². The number of nitrogens with zero attached hydrogens (tertiary/aromatic N) is 2. The van der Waals surface area contributed by atoms with Crippen molar-refractivity contribution in [3.05, 3.63) is 64.2 Å². The average Bonchev–Trinajstić information content (AvgIpc) is 2.46. The predicted molar refractivity (Wildman–Crippen MR) is 81.1 cm³/mol. The Balaban J connectivity index is 2.10. The van der Waals surface area contributed by atoms with Crippen LogP contribution in [-0.4, -0.2) is 17.9 Å². The molecule has 108 valence electrons. The molecule has 0 aliphatic heterocycles. The molecule has 2 aromatic carbocycles. The molecule has 6 heteroatoms. The fourth-order valence-corrected chi connectivity index (χ4v) is 1.94. The zero-order valence-corrected chi connectivity index (χ0v) is 11.5. The fourth-order valence-electron chi connectivity index (χ4n) is 1.94. The van der Waals surface area contributed by atoms with Gasteiger partial charge in [0.2, 0.25) is 5.91 Å². The summed E-state index contributed by atoms with van der Waals surface area (Å²) in [6.07, 6.45) is 0.221. The van der Waals surface area contributed by atoms with Crippen LogP contribution in [0, 0.1) is 10.1 Å². The third-order valence-electron chi connectivity index (χ3n) is 3.13. The van der Waals surface area contributed by atoms with Crippen molar-refractivity contribution in [3.8, 4) is 0 Å². The highest BCUT2D eigenvalue weighted by Gasteiger charge is 2.13. The summed E-state index contributed by atoms with van der Waals surface area (Å²) < 4.78 is 0. The van der Waals surface area contributed by atoms with E-state index in [0.717, 1.165) is 5.56 Å². The summed E-state index contributed by atoms with van der Waals surface area (Å²) in [5.41, 5.74) is 7.72. The third-order valence-corrected chi connectivity index (χ3v) is 3.13. The molecule has 2 rings (SSSR count). The molecule has 1 amide bonds. The maximum Gasteiger partial charge on any atom is 0.269 e. The Bertz CT molecular complexity index is 668. The van der Waals surface area contributed by atoms with E-state index in [1.54, 1.807) is 37.4 Å². The lowest BCUT2D eigenvalue weighted by molar-refractivity contribution is -0.384. The van der Waals surface area contributed by atoms with Gasteiger partial charge in [-0.1, -0.05) is 12.1 Å². The van der Waals surface area contributed by atoms with Gasteiger partial charge in [-0.2, -0.15) is 0 Å². The number of rotatable bonds is 4. The molecule has 0 saturated heterocycles. The number of non-ortho nitro benzene ring substituents is 1. The number of nitro benzene ring substituents is 1. The van der Waals surface area contributed by atoms with Crippen molar-refractivity contribution in [2.24, 2.45) is 0 Å². The third kappa shape index (κ3) is 3.56. The molecule has 0 bridgehead atoms. The average molecular weight is 285 g/mol. The van der Waals surface area contributed by atoms with Crippen molar-refractivity contribution < 1.29 is 9.72 Å². The van der Waals surface area contributed by atoms with Gasteiger partial charge in [-0.15, -0.1) is 0 Å². The van der Waals surface area contributed by atoms with Crippen molar-refractivity contribution >= 4 is 23.0 Å². The minimum absolute atomic E-state index is 0.00423. The van der Waals surface area contributed by atoms with Gasteiger partial charge in [0, 0.05) is 30.6 Å². The van der Waals surface area contributed by atoms with E-state index >= 15 is 0 Å². The van der Waals surface area contributed by atoms with Crippen LogP contribution >= 0.6 is 0 Å². The van der Waals surface area contributed by atoms with Gasteiger partial charge in [-0.05, 0) is 29.8 Å². The monoisotopic (exact) mass is 285 g/mol. The number of likely N-dealkylation sites (N-methyl/N-ethyl adjacent to an activating group) is 1. The van der Waals surface area contributed by atoms with E-state index in [4.69, 9.17) is 5.73 Å². The maximum atomic E-state index is 12.2. The van der Waals surface area contributed by atoms with E-state index in [1.807, 2.05) is 6.07 Å². The van der Waals surface area contributed by atoms with Crippen molar-refractivity contribution in [1.29, 1.82) is 0 Å². The van der Waals surface area contributed by atoms with E-state index < -0.39 is 4.92 Å². The second kappa shape index (κ2) is 6.04. The van der Waals surface area contributed by atoms with Gasteiger partial charge >= 0.3 is 0 Å². The van der Waals surface area contributed by atoms with E-state index in [1.165, 1.54) is 17.0 Å². The summed E-state index contributed by atoms with van der Waals surface area (Å²) in [5.74, 6) is -0.116. The molecule has 0 aromatic heterocycles. The fraction of sp³-hybridized carbons (Fsp3) is 0.133. The first-order valence-corrected chi connectivity index (χ1v) is 6.33. The number of nitrogens with two attached hydrogens (primary N) is 1. The van der Waals surface area contributed by atoms with Crippen LogP contribution in [0.4, 0.5) is 17.1 Å². The minimum Gasteiger partial charge on any atom is -0.399 e. The van der Waals surface area contributed by atoms with Gasteiger partial charge in [0.15, 0.2) is 0 Å². The van der Waals surface area contributed by atoms with E-state index in [2.05, 4.69) is 0 Å². The van der Waals surface area contributed by atoms with Crippen LogP contribution in [0.15, 0.2) is 48.5 Å². The molecule has 21 heavy (non-hydrogen) atoms. The molecule has 0 aliphatic rings. The molecule has 0 saturated carbocycles. The van der Waals surface area contributed by atoms with Crippen LogP contribution in [0.5, 0.6) is 0 Å². The molecular weight excluding hydrogens is 270 g/mol. The molecule has 2 aromatic rings. The number of carbonyl (C=O) groups excluding carboxylic acids is 1. The molecule has 0 heterocycles. The molecule has 2 N–H and O–H groups in total. The molecular formula is C15H15N3O3. The highest BCUT2D eigenvalue weighted by Crippen LogP contribution is 2.19. The topological polar surface area (TPSA) is 89.5 Å². The number of amides is 1. The number of carbonyl (C=O) groups is 1. The summed E-state index contributed by atoms with van der Waals surface area (Å²) >= 11 is 0. The molecule has 0 aliphatic carbocycles. The van der Waals surface area contributed by atoms with Crippen LogP contribution in [-0.2, 0) is 11.2 Å². The zero-order chi connectivity index (χ0) is 15.4. The molecule has 0 radical (unpaired) electrons. The Morgan fingerprint density at radius 3 is 2.48 bits per heavy atom. The smallest absolute Gasteiger partial charge is 0.269 e. The number of benzene rings is 2. The summed E-state index contributed by atoms with van der Waals surface area (Å²) in [7, 11) is 1.63. The minimum atomic E-state index is -0.474. The Morgan fingerprint density at radius 1 is 1.24 bits per heavy atom. The van der Waals surface area contributed by atoms with Crippen LogP contribution in [0.25, 0.3) is 0 Å². The Kier molecular flexibility index (Phi) is 4.18. The first-order valence-electron chi connectivity index (χ1n) is 6.33. The lowest BCUT2D eigenvalue weighted by Crippen LogP contribution is -2.27. The second-order valence-corrected chi connectivity index (χ2v) is 4.65. The normalized spacial score (nSPS) is 10.1. The van der Waals surface area contributed by atoms with Gasteiger partial charge < -0.3 is 10.6 Å². The first kappa shape index (κ1) is 14.5. The highest BCUT2D eigenvalue weighted by atomic mass is 16.6. The Hall–Kier alpha value is -2.89. The SMILES string of the molecule is CN(C(=O)Cc1cccc(N)c1)c1ccc([N+](=O)[O-])cc1. The van der Waals surface area contributed by atoms with Crippen molar-refractivity contribution in [2.75, 3.05) is 17.7 Å². The van der Waals surface area contributed by atoms with Gasteiger partial charge in [-0.3, -0.25) is 14.9 Å². The van der Waals surface area contributed by atoms with Crippen LogP contribution < -0.4 is 10.6 Å². The van der Waals surface area contributed by atoms with Crippen LogP contribution in [0.2, 0.25) is 0 Å². The van der Waals surface area contributed by atoms with E-state index in [0.29, 0.717) is 11.4 Å². The molecule has 0 atom stereocenters. The largest absolute Gasteiger partial charge is 0.399 e. The number of hydrogen-bond acceptors (Lipinski definition) is 4. The second-order valence-electron chi connectivity index (χ2n) is 4.65. The number of anilines is 2. The first-order chi connectivity index (χ1) is 9.97. The molecule has 6 nitrogen and oxygen atoms in total. The lowest BCUT2D eigenvalue weighted by Gasteiger charge is -2.17. The molecule has 0 fully saturated rings. The van der Waals surface area contributed by atoms with E-state index in [-0.39, 0.29) is 18.0 Å². The lowest BCUT2D eigenvalue weighted by atomic mass is 10.1. The summed E-state index contributed by atoms with van der Waals surface area (Å²) in [6, 6.07) is 13.0. The van der Waals surface area contributed by atoms with Gasteiger partial charge in [-0.25, -0.2) is 0 Å². The van der Waals surface area contributed by atoms with Gasteiger partial charge in [0.05, 0.1) is 11.3 Å². The van der Waals surface area contributed by atoms with Crippen LogP contribution in [0.3, 0.4) is 0 Å². The number of nitro groups is 1. The van der Waals surface area contributed by atoms with Crippen molar-refractivity contribution in [2.45, 2.75) is 6.42 Å².